The topological polar surface area (TPSA) is 137 Å². The molecule has 2 aromatic heterocycles. The van der Waals surface area contributed by atoms with Crippen LogP contribution in [-0.4, -0.2) is 38.2 Å². The number of aryl methyl sites for hydroxylation is 3. The largest absolute Gasteiger partial charge is 0.495 e. The fourth-order valence-corrected chi connectivity index (χ4v) is 5.81. The number of hydrogen-bond acceptors (Lipinski definition) is 9. The third kappa shape index (κ3) is 8.31. The fraction of sp³-hybridized carbons (Fsp3) is 0.190. The minimum absolute atomic E-state index is 0.197. The molecule has 2 heterocycles. The predicted molar refractivity (Wildman–Crippen MR) is 210 cm³/mol. The molecule has 0 fully saturated rings. The molecule has 53 heavy (non-hydrogen) atoms. The molecule has 0 amide bonds. The molecule has 0 spiro atoms. The number of rotatable bonds is 11. The summed E-state index contributed by atoms with van der Waals surface area (Å²) in [5.41, 5.74) is 5.32. The summed E-state index contributed by atoms with van der Waals surface area (Å²) < 4.78 is 8.10. The Bertz CT molecular complexity index is 2370. The molecule has 11 heteroatoms. The average molecular weight is 711 g/mol. The number of ether oxygens (including phenoxy) is 1. The first-order valence-corrected chi connectivity index (χ1v) is 17.2. The number of benzene rings is 4. The van der Waals surface area contributed by atoms with Crippen LogP contribution in [0, 0.1) is 6.92 Å². The quantitative estimate of drug-likeness (QED) is 0.128. The molecular weight excluding hydrogens is 668 g/mol. The van der Waals surface area contributed by atoms with Crippen molar-refractivity contribution >= 4 is 34.3 Å². The first-order chi connectivity index (χ1) is 25.6. The van der Waals surface area contributed by atoms with Gasteiger partial charge in [-0.25, -0.2) is 9.36 Å². The Morgan fingerprint density at radius 2 is 1.00 bits per heavy atom. The summed E-state index contributed by atoms with van der Waals surface area (Å²) in [6, 6.07) is 33.7. The number of ketones is 2. The fourth-order valence-electron chi connectivity index (χ4n) is 5.81. The second kappa shape index (κ2) is 17.1. The van der Waals surface area contributed by atoms with Gasteiger partial charge in [0.2, 0.25) is 0 Å². The molecule has 270 valence electrons. The van der Waals surface area contributed by atoms with Crippen LogP contribution in [0.25, 0.3) is 22.5 Å². The van der Waals surface area contributed by atoms with Crippen LogP contribution in [0.15, 0.2) is 119 Å². The molecule has 0 aliphatic rings. The first kappa shape index (κ1) is 37.6. The lowest BCUT2D eigenvalue weighted by molar-refractivity contribution is 0.101. The van der Waals surface area contributed by atoms with E-state index in [4.69, 9.17) is 4.74 Å². The van der Waals surface area contributed by atoms with Gasteiger partial charge in [-0.3, -0.25) is 19.2 Å². The molecule has 0 saturated carbocycles. The van der Waals surface area contributed by atoms with E-state index in [0.717, 1.165) is 22.4 Å². The van der Waals surface area contributed by atoms with Crippen molar-refractivity contribution in [2.24, 2.45) is 0 Å². The minimum Gasteiger partial charge on any atom is -0.495 e. The third-order valence-electron chi connectivity index (χ3n) is 8.48. The van der Waals surface area contributed by atoms with Gasteiger partial charge in [-0.2, -0.15) is 10.2 Å². The van der Waals surface area contributed by atoms with Crippen molar-refractivity contribution in [3.05, 3.63) is 147 Å². The maximum Gasteiger partial charge on any atom is 0.291 e. The molecule has 2 N–H and O–H groups in total. The van der Waals surface area contributed by atoms with E-state index in [2.05, 4.69) is 20.8 Å². The Hall–Kier alpha value is -6.62. The first-order valence-electron chi connectivity index (χ1n) is 17.2. The zero-order chi connectivity index (χ0) is 38.1. The number of para-hydroxylation sites is 3. The van der Waals surface area contributed by atoms with Crippen molar-refractivity contribution in [3.63, 3.8) is 0 Å². The maximum atomic E-state index is 13.0. The van der Waals surface area contributed by atoms with Gasteiger partial charge >= 0.3 is 0 Å². The van der Waals surface area contributed by atoms with E-state index in [0.29, 0.717) is 41.5 Å². The molecule has 0 radical (unpaired) electrons. The molecule has 0 saturated heterocycles. The number of nitrogens with zero attached hydrogens (tertiary/aromatic N) is 4. The summed E-state index contributed by atoms with van der Waals surface area (Å²) in [6.07, 6.45) is 0. The average Bonchev–Trinajstić information content (AvgIpc) is 3.17. The second-order valence-corrected chi connectivity index (χ2v) is 12.0. The van der Waals surface area contributed by atoms with E-state index in [1.165, 1.54) is 23.2 Å². The normalized spacial score (nSPS) is 10.5. The van der Waals surface area contributed by atoms with Crippen LogP contribution in [0.1, 0.15) is 54.0 Å². The van der Waals surface area contributed by atoms with Gasteiger partial charge in [0.05, 0.1) is 23.9 Å². The number of anilines is 4. The van der Waals surface area contributed by atoms with Crippen LogP contribution < -0.4 is 26.5 Å². The van der Waals surface area contributed by atoms with E-state index in [-0.39, 0.29) is 39.6 Å². The standard InChI is InChI=1S/C21H21N3O3.C21H21N3O2/c1-4-24-21(26)20(22-16-12-8-9-13-17(16)27-3)18(14(2)25)19(23-24)15-10-6-5-7-11-15;1-4-24-21(26)20(22-17-13-9-8-10-14(17)2)18(15(3)25)19(23-24)16-11-6-5-7-12-16/h5-13,22H,4H2,1-3H3;5-13,22H,4H2,1-3H3. The maximum absolute atomic E-state index is 13.0. The number of carbonyl (C=O) groups excluding carboxylic acids is 2. The predicted octanol–water partition coefficient (Wildman–Crippen LogP) is 8.07. The van der Waals surface area contributed by atoms with Crippen molar-refractivity contribution in [1.29, 1.82) is 0 Å². The monoisotopic (exact) mass is 710 g/mol. The molecule has 4 aromatic carbocycles. The van der Waals surface area contributed by atoms with E-state index in [1.54, 1.807) is 19.2 Å². The zero-order valence-corrected chi connectivity index (χ0v) is 30.6. The van der Waals surface area contributed by atoms with Crippen LogP contribution in [0.5, 0.6) is 5.75 Å². The Morgan fingerprint density at radius 3 is 1.42 bits per heavy atom. The number of methoxy groups -OCH3 is 1. The SMILES string of the molecule is CCn1nc(-c2ccccc2)c(C(C)=O)c(Nc2ccccc2C)c1=O.CCn1nc(-c2ccccc2)c(C(C)=O)c(Nc2ccccc2OC)c1=O. The Kier molecular flexibility index (Phi) is 12.1. The van der Waals surface area contributed by atoms with Crippen molar-refractivity contribution in [1.82, 2.24) is 19.6 Å². The number of aromatic nitrogens is 4. The molecule has 6 aromatic rings. The van der Waals surface area contributed by atoms with Crippen molar-refractivity contribution in [2.45, 2.75) is 47.7 Å². The van der Waals surface area contributed by atoms with E-state index >= 15 is 0 Å². The lowest BCUT2D eigenvalue weighted by atomic mass is 10.0. The summed E-state index contributed by atoms with van der Waals surface area (Å²) in [7, 11) is 1.55. The summed E-state index contributed by atoms with van der Waals surface area (Å²) >= 11 is 0. The van der Waals surface area contributed by atoms with Crippen LogP contribution in [0.2, 0.25) is 0 Å². The van der Waals surface area contributed by atoms with Crippen LogP contribution >= 0.6 is 0 Å². The highest BCUT2D eigenvalue weighted by Gasteiger charge is 2.24. The summed E-state index contributed by atoms with van der Waals surface area (Å²) in [5.74, 6) is 0.138. The minimum atomic E-state index is -0.353. The highest BCUT2D eigenvalue weighted by molar-refractivity contribution is 6.06. The third-order valence-corrected chi connectivity index (χ3v) is 8.48. The van der Waals surface area contributed by atoms with E-state index in [9.17, 15) is 19.2 Å². The zero-order valence-electron chi connectivity index (χ0n) is 30.6. The molecule has 0 unspecified atom stereocenters. The van der Waals surface area contributed by atoms with Gasteiger partial charge in [0.1, 0.15) is 28.5 Å². The number of nitrogens with one attached hydrogen (secondary N) is 2. The molecule has 0 aliphatic carbocycles. The summed E-state index contributed by atoms with van der Waals surface area (Å²) in [4.78, 5) is 50.8. The van der Waals surface area contributed by atoms with Crippen LogP contribution in [0.4, 0.5) is 22.7 Å². The van der Waals surface area contributed by atoms with Crippen molar-refractivity contribution < 1.29 is 14.3 Å². The highest BCUT2D eigenvalue weighted by atomic mass is 16.5. The van der Waals surface area contributed by atoms with Crippen LogP contribution in [-0.2, 0) is 13.1 Å². The molecule has 6 rings (SSSR count). The molecule has 0 atom stereocenters. The molecule has 0 aliphatic heterocycles. The van der Waals surface area contributed by atoms with Crippen molar-refractivity contribution in [3.8, 4) is 28.3 Å². The van der Waals surface area contributed by atoms with Gasteiger partial charge in [-0.1, -0.05) is 91.0 Å². The van der Waals surface area contributed by atoms with Gasteiger partial charge in [-0.05, 0) is 58.4 Å². The van der Waals surface area contributed by atoms with Gasteiger partial charge < -0.3 is 15.4 Å². The Morgan fingerprint density at radius 1 is 0.604 bits per heavy atom. The summed E-state index contributed by atoms with van der Waals surface area (Å²) in [6.45, 7) is 9.34. The smallest absolute Gasteiger partial charge is 0.291 e. The highest BCUT2D eigenvalue weighted by Crippen LogP contribution is 2.32. The van der Waals surface area contributed by atoms with Crippen LogP contribution in [0.3, 0.4) is 0 Å². The van der Waals surface area contributed by atoms with Gasteiger partial charge in [0, 0.05) is 29.9 Å². The Balaban J connectivity index is 0.000000204. The Labute approximate surface area is 307 Å². The van der Waals surface area contributed by atoms with Crippen molar-refractivity contribution in [2.75, 3.05) is 17.7 Å². The van der Waals surface area contributed by atoms with E-state index < -0.39 is 0 Å². The molecular formula is C42H42N6O5. The van der Waals surface area contributed by atoms with Gasteiger partial charge in [0.25, 0.3) is 11.1 Å². The number of Topliss-reactive ketones (excluding diaryl/α,β-unsaturated/α-hetero) is 2. The molecule has 0 bridgehead atoms. The van der Waals surface area contributed by atoms with Gasteiger partial charge in [-0.15, -0.1) is 0 Å². The van der Waals surface area contributed by atoms with Gasteiger partial charge in [0.15, 0.2) is 11.6 Å². The van der Waals surface area contributed by atoms with E-state index in [1.807, 2.05) is 118 Å². The number of hydrogen-bond donors (Lipinski definition) is 2. The summed E-state index contributed by atoms with van der Waals surface area (Å²) in [5, 5.41) is 15.2. The lowest BCUT2D eigenvalue weighted by Crippen LogP contribution is -2.28. The lowest BCUT2D eigenvalue weighted by Gasteiger charge is -2.17. The number of carbonyl (C=O) groups is 2. The second-order valence-electron chi connectivity index (χ2n) is 12.0. The molecule has 11 nitrogen and oxygen atoms in total.